The molecule has 7 nitrogen and oxygen atoms in total. The molecule has 0 heterocycles. The summed E-state index contributed by atoms with van der Waals surface area (Å²) in [7, 11) is 1.49. The van der Waals surface area contributed by atoms with Gasteiger partial charge in [-0.05, 0) is 47.5 Å². The first kappa shape index (κ1) is 22.0. The molecule has 31 heavy (non-hydrogen) atoms. The fourth-order valence-electron chi connectivity index (χ4n) is 3.24. The number of nitrogens with one attached hydrogen (secondary N) is 1. The highest BCUT2D eigenvalue weighted by atomic mass is 16.5. The SMILES string of the molecule is CCOc1ccc(C(CC(=O)[O-])NC(=O)COc2ccc3ccccc3c2)cc1OC. The van der Waals surface area contributed by atoms with Crippen LogP contribution >= 0.6 is 0 Å². The summed E-state index contributed by atoms with van der Waals surface area (Å²) in [6.07, 6.45) is -0.390. The molecule has 1 atom stereocenters. The Kier molecular flexibility index (Phi) is 7.32. The zero-order chi connectivity index (χ0) is 22.2. The van der Waals surface area contributed by atoms with Gasteiger partial charge in [-0.15, -0.1) is 0 Å². The highest BCUT2D eigenvalue weighted by Gasteiger charge is 2.18. The summed E-state index contributed by atoms with van der Waals surface area (Å²) in [5, 5.41) is 16.0. The van der Waals surface area contributed by atoms with Crippen LogP contribution in [0.4, 0.5) is 0 Å². The van der Waals surface area contributed by atoms with Gasteiger partial charge in [-0.3, -0.25) is 4.79 Å². The summed E-state index contributed by atoms with van der Waals surface area (Å²) in [6, 6.07) is 17.6. The summed E-state index contributed by atoms with van der Waals surface area (Å²) in [6.45, 7) is 2.05. The smallest absolute Gasteiger partial charge is 0.258 e. The number of amides is 1. The van der Waals surface area contributed by atoms with Gasteiger partial charge in [0.2, 0.25) is 0 Å². The lowest BCUT2D eigenvalue weighted by molar-refractivity contribution is -0.306. The van der Waals surface area contributed by atoms with E-state index in [9.17, 15) is 14.7 Å². The number of rotatable bonds is 10. The molecule has 0 bridgehead atoms. The van der Waals surface area contributed by atoms with E-state index in [2.05, 4.69) is 5.32 Å². The van der Waals surface area contributed by atoms with E-state index in [1.165, 1.54) is 7.11 Å². The maximum Gasteiger partial charge on any atom is 0.258 e. The zero-order valence-corrected chi connectivity index (χ0v) is 17.4. The number of carboxylic acid groups (broad SMARTS) is 1. The number of hydrogen-bond acceptors (Lipinski definition) is 6. The second-order valence-corrected chi connectivity index (χ2v) is 6.84. The summed E-state index contributed by atoms with van der Waals surface area (Å²) < 4.78 is 16.4. The van der Waals surface area contributed by atoms with Crippen LogP contribution in [0.5, 0.6) is 17.2 Å². The number of benzene rings is 3. The van der Waals surface area contributed by atoms with Crippen LogP contribution in [0, 0.1) is 0 Å². The number of ether oxygens (including phenoxy) is 3. The molecule has 0 spiro atoms. The van der Waals surface area contributed by atoms with Crippen molar-refractivity contribution in [3.05, 3.63) is 66.2 Å². The second kappa shape index (κ2) is 10.3. The van der Waals surface area contributed by atoms with E-state index >= 15 is 0 Å². The van der Waals surface area contributed by atoms with Crippen LogP contribution in [0.2, 0.25) is 0 Å². The van der Waals surface area contributed by atoms with Gasteiger partial charge in [-0.1, -0.05) is 36.4 Å². The Balaban J connectivity index is 1.69. The molecule has 3 aromatic rings. The third kappa shape index (κ3) is 5.88. The first-order valence-corrected chi connectivity index (χ1v) is 9.91. The molecule has 0 fully saturated rings. The molecule has 0 aromatic heterocycles. The minimum absolute atomic E-state index is 0.254. The van der Waals surface area contributed by atoms with Gasteiger partial charge in [0.1, 0.15) is 5.75 Å². The minimum Gasteiger partial charge on any atom is -0.550 e. The average molecular weight is 422 g/mol. The molecule has 162 valence electrons. The van der Waals surface area contributed by atoms with Gasteiger partial charge < -0.3 is 29.4 Å². The van der Waals surface area contributed by atoms with Gasteiger partial charge in [0.05, 0.1) is 19.8 Å². The first-order chi connectivity index (χ1) is 15.0. The van der Waals surface area contributed by atoms with E-state index in [0.717, 1.165) is 10.8 Å². The lowest BCUT2D eigenvalue weighted by Crippen LogP contribution is -2.36. The van der Waals surface area contributed by atoms with E-state index in [0.29, 0.717) is 29.4 Å². The van der Waals surface area contributed by atoms with E-state index in [1.807, 2.05) is 43.3 Å². The number of carboxylic acids is 1. The lowest BCUT2D eigenvalue weighted by Gasteiger charge is -2.21. The molecule has 0 saturated heterocycles. The summed E-state index contributed by atoms with van der Waals surface area (Å²) in [5.41, 5.74) is 0.559. The van der Waals surface area contributed by atoms with Crippen molar-refractivity contribution in [1.82, 2.24) is 5.32 Å². The highest BCUT2D eigenvalue weighted by molar-refractivity contribution is 5.84. The van der Waals surface area contributed by atoms with Crippen molar-refractivity contribution in [1.29, 1.82) is 0 Å². The lowest BCUT2D eigenvalue weighted by atomic mass is 10.0. The van der Waals surface area contributed by atoms with E-state index in [-0.39, 0.29) is 6.61 Å². The highest BCUT2D eigenvalue weighted by Crippen LogP contribution is 2.31. The van der Waals surface area contributed by atoms with Gasteiger partial charge in [0.25, 0.3) is 5.91 Å². The standard InChI is InChI=1S/C24H25NO6/c1-3-30-21-11-9-18(13-22(21)29-2)20(14-24(27)28)25-23(26)15-31-19-10-8-16-6-4-5-7-17(16)12-19/h4-13,20H,3,14-15H2,1-2H3,(H,25,26)(H,27,28)/p-1. The van der Waals surface area contributed by atoms with Crippen LogP contribution < -0.4 is 24.6 Å². The molecular formula is C24H24NO6-. The Morgan fingerprint density at radius 1 is 0.968 bits per heavy atom. The molecule has 0 aliphatic rings. The summed E-state index contributed by atoms with van der Waals surface area (Å²) in [5.74, 6) is -0.204. The van der Waals surface area contributed by atoms with E-state index in [1.54, 1.807) is 24.3 Å². The summed E-state index contributed by atoms with van der Waals surface area (Å²) in [4.78, 5) is 23.7. The third-order valence-corrected chi connectivity index (χ3v) is 4.69. The van der Waals surface area contributed by atoms with Crippen molar-refractivity contribution in [2.45, 2.75) is 19.4 Å². The van der Waals surface area contributed by atoms with Crippen molar-refractivity contribution in [3.8, 4) is 17.2 Å². The number of methoxy groups -OCH3 is 1. The maximum atomic E-state index is 12.5. The molecule has 3 aromatic carbocycles. The first-order valence-electron chi connectivity index (χ1n) is 9.91. The Labute approximate surface area is 180 Å². The van der Waals surface area contributed by atoms with Crippen LogP contribution in [0.3, 0.4) is 0 Å². The van der Waals surface area contributed by atoms with Gasteiger partial charge in [-0.25, -0.2) is 0 Å². The third-order valence-electron chi connectivity index (χ3n) is 4.69. The predicted molar refractivity (Wildman–Crippen MR) is 114 cm³/mol. The van der Waals surface area contributed by atoms with Gasteiger partial charge in [-0.2, -0.15) is 0 Å². The molecule has 1 N–H and O–H groups in total. The average Bonchev–Trinajstić information content (AvgIpc) is 2.77. The molecule has 0 aliphatic carbocycles. The van der Waals surface area contributed by atoms with Gasteiger partial charge in [0, 0.05) is 12.4 Å². The van der Waals surface area contributed by atoms with Gasteiger partial charge in [0.15, 0.2) is 18.1 Å². The van der Waals surface area contributed by atoms with Crippen LogP contribution in [0.15, 0.2) is 60.7 Å². The van der Waals surface area contributed by atoms with E-state index < -0.39 is 24.3 Å². The maximum absolute atomic E-state index is 12.5. The van der Waals surface area contributed by atoms with Crippen LogP contribution in [-0.4, -0.2) is 32.2 Å². The zero-order valence-electron chi connectivity index (χ0n) is 17.4. The second-order valence-electron chi connectivity index (χ2n) is 6.84. The van der Waals surface area contributed by atoms with Gasteiger partial charge >= 0.3 is 0 Å². The molecule has 1 amide bonds. The van der Waals surface area contributed by atoms with Crippen molar-refractivity contribution >= 4 is 22.6 Å². The fourth-order valence-corrected chi connectivity index (χ4v) is 3.24. The number of carbonyl (C=O) groups is 2. The molecule has 1 unspecified atom stereocenters. The normalized spacial score (nSPS) is 11.5. The van der Waals surface area contributed by atoms with Crippen molar-refractivity contribution in [2.24, 2.45) is 0 Å². The number of hydrogen-bond donors (Lipinski definition) is 1. The van der Waals surface area contributed by atoms with Crippen molar-refractivity contribution < 1.29 is 28.9 Å². The molecule has 3 rings (SSSR count). The monoisotopic (exact) mass is 422 g/mol. The topological polar surface area (TPSA) is 96.9 Å². The van der Waals surface area contributed by atoms with Crippen LogP contribution in [-0.2, 0) is 9.59 Å². The minimum atomic E-state index is -1.28. The number of carbonyl (C=O) groups excluding carboxylic acids is 2. The molecular weight excluding hydrogens is 398 g/mol. The largest absolute Gasteiger partial charge is 0.550 e. The number of fused-ring (bicyclic) bond motifs is 1. The Hall–Kier alpha value is -3.74. The van der Waals surface area contributed by atoms with Crippen molar-refractivity contribution in [2.75, 3.05) is 20.3 Å². The molecule has 7 heteroatoms. The molecule has 0 aliphatic heterocycles. The fraction of sp³-hybridized carbons (Fsp3) is 0.250. The van der Waals surface area contributed by atoms with Crippen LogP contribution in [0.25, 0.3) is 10.8 Å². The summed E-state index contributed by atoms with van der Waals surface area (Å²) >= 11 is 0. The predicted octanol–water partition coefficient (Wildman–Crippen LogP) is 2.62. The van der Waals surface area contributed by atoms with Crippen LogP contribution in [0.1, 0.15) is 24.9 Å². The van der Waals surface area contributed by atoms with Crippen molar-refractivity contribution in [3.63, 3.8) is 0 Å². The Morgan fingerprint density at radius 3 is 2.45 bits per heavy atom. The Morgan fingerprint density at radius 2 is 1.74 bits per heavy atom. The molecule has 0 saturated carbocycles. The van der Waals surface area contributed by atoms with E-state index in [4.69, 9.17) is 14.2 Å². The molecule has 0 radical (unpaired) electrons. The number of aliphatic carboxylic acids is 1. The quantitative estimate of drug-likeness (QED) is 0.540. The Bertz CT molecular complexity index is 1060.